The second-order valence-corrected chi connectivity index (χ2v) is 8.49. The zero-order valence-corrected chi connectivity index (χ0v) is 19.2. The molecule has 0 saturated carbocycles. The first-order valence-electron chi connectivity index (χ1n) is 11.8. The first-order chi connectivity index (χ1) is 13.5. The van der Waals surface area contributed by atoms with Crippen molar-refractivity contribution in [2.24, 2.45) is 5.41 Å². The number of hydrogen-bond donors (Lipinski definition) is 0. The number of carbonyl (C=O) groups excluding carboxylic acids is 2. The first kappa shape index (κ1) is 26.9. The van der Waals surface area contributed by atoms with Crippen molar-refractivity contribution in [3.8, 4) is 0 Å². The Morgan fingerprint density at radius 3 is 1.14 bits per heavy atom. The molecule has 0 atom stereocenters. The maximum absolute atomic E-state index is 12.2. The molecule has 0 spiro atoms. The maximum atomic E-state index is 12.2. The van der Waals surface area contributed by atoms with Crippen LogP contribution in [0.4, 0.5) is 0 Å². The molecular weight excluding hydrogens is 352 g/mol. The molecule has 0 bridgehead atoms. The van der Waals surface area contributed by atoms with Crippen LogP contribution in [0.25, 0.3) is 0 Å². The Morgan fingerprint density at radius 2 is 0.821 bits per heavy atom. The van der Waals surface area contributed by atoms with Crippen LogP contribution in [0.3, 0.4) is 0 Å². The predicted octanol–water partition coefficient (Wildman–Crippen LogP) is 6.99. The Morgan fingerprint density at radius 1 is 0.536 bits per heavy atom. The molecule has 4 heteroatoms. The minimum Gasteiger partial charge on any atom is -0.465 e. The Hall–Kier alpha value is -1.06. The molecule has 0 aliphatic rings. The van der Waals surface area contributed by atoms with Crippen molar-refractivity contribution in [1.82, 2.24) is 0 Å². The molecule has 0 amide bonds. The van der Waals surface area contributed by atoms with Crippen LogP contribution in [0.15, 0.2) is 0 Å². The Balaban J connectivity index is 3.73. The summed E-state index contributed by atoms with van der Waals surface area (Å²) in [7, 11) is 0. The highest BCUT2D eigenvalue weighted by Gasteiger charge is 2.39. The van der Waals surface area contributed by atoms with Gasteiger partial charge in [0.05, 0.1) is 13.2 Å². The fourth-order valence-electron chi connectivity index (χ4n) is 3.07. The zero-order chi connectivity index (χ0) is 21.1. The van der Waals surface area contributed by atoms with Crippen LogP contribution in [-0.4, -0.2) is 25.2 Å². The van der Waals surface area contributed by atoms with Crippen LogP contribution in [-0.2, 0) is 19.1 Å². The number of esters is 2. The van der Waals surface area contributed by atoms with E-state index in [2.05, 4.69) is 13.8 Å². The molecule has 0 rings (SSSR count). The van der Waals surface area contributed by atoms with Crippen molar-refractivity contribution in [1.29, 1.82) is 0 Å². The summed E-state index contributed by atoms with van der Waals surface area (Å²) in [5.74, 6) is -0.946. The lowest BCUT2D eigenvalue weighted by atomic mass is 9.94. The molecule has 166 valence electrons. The standard InChI is InChI=1S/C24H46O4/c1-5-7-9-11-13-14-15-17-19-21-28-23(26)24(3,4)22(25)27-20-18-16-12-10-8-6-2/h5-21H2,1-4H3. The summed E-state index contributed by atoms with van der Waals surface area (Å²) < 4.78 is 10.6. The Kier molecular flexibility index (Phi) is 17.3. The van der Waals surface area contributed by atoms with Gasteiger partial charge in [-0.15, -0.1) is 0 Å². The molecule has 0 aliphatic carbocycles. The second kappa shape index (κ2) is 18.0. The smallest absolute Gasteiger partial charge is 0.322 e. The fraction of sp³-hybridized carbons (Fsp3) is 0.917. The molecule has 0 aliphatic heterocycles. The van der Waals surface area contributed by atoms with Crippen LogP contribution >= 0.6 is 0 Å². The first-order valence-corrected chi connectivity index (χ1v) is 11.8. The summed E-state index contributed by atoms with van der Waals surface area (Å²) in [6, 6.07) is 0. The topological polar surface area (TPSA) is 52.6 Å². The van der Waals surface area contributed by atoms with Gasteiger partial charge in [0.2, 0.25) is 0 Å². The summed E-state index contributed by atoms with van der Waals surface area (Å²) in [5.41, 5.74) is -1.22. The van der Waals surface area contributed by atoms with Gasteiger partial charge in [-0.25, -0.2) is 0 Å². The molecule has 0 heterocycles. The van der Waals surface area contributed by atoms with E-state index in [9.17, 15) is 9.59 Å². The summed E-state index contributed by atoms with van der Waals surface area (Å²) in [4.78, 5) is 24.4. The van der Waals surface area contributed by atoms with Crippen molar-refractivity contribution in [3.63, 3.8) is 0 Å². The van der Waals surface area contributed by atoms with Crippen molar-refractivity contribution < 1.29 is 19.1 Å². The number of unbranched alkanes of at least 4 members (excludes halogenated alkanes) is 13. The summed E-state index contributed by atoms with van der Waals surface area (Å²) in [6.45, 7) is 8.39. The van der Waals surface area contributed by atoms with Gasteiger partial charge in [-0.1, -0.05) is 97.3 Å². The van der Waals surface area contributed by atoms with Gasteiger partial charge in [-0.05, 0) is 26.7 Å². The molecule has 0 radical (unpaired) electrons. The average Bonchev–Trinajstić information content (AvgIpc) is 2.68. The number of rotatable bonds is 19. The third-order valence-electron chi connectivity index (χ3n) is 5.23. The van der Waals surface area contributed by atoms with Crippen molar-refractivity contribution in [2.45, 2.75) is 124 Å². The molecule has 0 aromatic rings. The number of hydrogen-bond acceptors (Lipinski definition) is 4. The molecule has 0 aromatic heterocycles. The van der Waals surface area contributed by atoms with Gasteiger partial charge in [0, 0.05) is 0 Å². The normalized spacial score (nSPS) is 11.4. The predicted molar refractivity (Wildman–Crippen MR) is 116 cm³/mol. The van der Waals surface area contributed by atoms with Crippen LogP contribution in [0.2, 0.25) is 0 Å². The quantitative estimate of drug-likeness (QED) is 0.134. The SMILES string of the molecule is CCCCCCCCCCCOC(=O)C(C)(C)C(=O)OCCCCCCCC. The summed E-state index contributed by atoms with van der Waals surface area (Å²) in [5, 5.41) is 0. The lowest BCUT2D eigenvalue weighted by Crippen LogP contribution is -2.37. The van der Waals surface area contributed by atoms with Gasteiger partial charge >= 0.3 is 11.9 Å². The minimum absolute atomic E-state index is 0.389. The molecule has 0 unspecified atom stereocenters. The third kappa shape index (κ3) is 14.0. The lowest BCUT2D eigenvalue weighted by molar-refractivity contribution is -0.169. The van der Waals surface area contributed by atoms with Crippen molar-refractivity contribution in [3.05, 3.63) is 0 Å². The highest BCUT2D eigenvalue weighted by molar-refractivity contribution is 5.99. The maximum Gasteiger partial charge on any atom is 0.322 e. The fourth-order valence-corrected chi connectivity index (χ4v) is 3.07. The molecule has 28 heavy (non-hydrogen) atoms. The van der Waals surface area contributed by atoms with Gasteiger partial charge in [0.1, 0.15) is 0 Å². The van der Waals surface area contributed by atoms with E-state index in [1.54, 1.807) is 13.8 Å². The molecular formula is C24H46O4. The van der Waals surface area contributed by atoms with E-state index in [0.717, 1.165) is 25.7 Å². The lowest BCUT2D eigenvalue weighted by Gasteiger charge is -2.20. The molecule has 0 N–H and O–H groups in total. The van der Waals surface area contributed by atoms with E-state index in [-0.39, 0.29) is 0 Å². The minimum atomic E-state index is -1.22. The van der Waals surface area contributed by atoms with Crippen LogP contribution in [0.5, 0.6) is 0 Å². The highest BCUT2D eigenvalue weighted by atomic mass is 16.6. The van der Waals surface area contributed by atoms with Crippen LogP contribution < -0.4 is 0 Å². The Bertz CT molecular complexity index is 390. The van der Waals surface area contributed by atoms with Crippen LogP contribution in [0, 0.1) is 5.41 Å². The third-order valence-corrected chi connectivity index (χ3v) is 5.23. The molecule has 0 aromatic carbocycles. The van der Waals surface area contributed by atoms with Crippen LogP contribution in [0.1, 0.15) is 124 Å². The van der Waals surface area contributed by atoms with E-state index < -0.39 is 17.4 Å². The van der Waals surface area contributed by atoms with Crippen molar-refractivity contribution in [2.75, 3.05) is 13.2 Å². The van der Waals surface area contributed by atoms with Gasteiger partial charge in [0.25, 0.3) is 0 Å². The zero-order valence-electron chi connectivity index (χ0n) is 19.2. The highest BCUT2D eigenvalue weighted by Crippen LogP contribution is 2.20. The van der Waals surface area contributed by atoms with Crippen molar-refractivity contribution >= 4 is 11.9 Å². The molecule has 4 nitrogen and oxygen atoms in total. The van der Waals surface area contributed by atoms with Gasteiger partial charge in [-0.2, -0.15) is 0 Å². The molecule has 0 saturated heterocycles. The van der Waals surface area contributed by atoms with Gasteiger partial charge < -0.3 is 9.47 Å². The van der Waals surface area contributed by atoms with E-state index in [1.165, 1.54) is 70.6 Å². The van der Waals surface area contributed by atoms with E-state index in [0.29, 0.717) is 13.2 Å². The second-order valence-electron chi connectivity index (χ2n) is 8.49. The largest absolute Gasteiger partial charge is 0.465 e. The number of carbonyl (C=O) groups is 2. The monoisotopic (exact) mass is 398 g/mol. The summed E-state index contributed by atoms with van der Waals surface area (Å²) >= 11 is 0. The van der Waals surface area contributed by atoms with E-state index in [4.69, 9.17) is 9.47 Å². The molecule has 0 fully saturated rings. The number of ether oxygens (including phenoxy) is 2. The van der Waals surface area contributed by atoms with Gasteiger partial charge in [-0.3, -0.25) is 9.59 Å². The van der Waals surface area contributed by atoms with E-state index >= 15 is 0 Å². The summed E-state index contributed by atoms with van der Waals surface area (Å²) in [6.07, 6.45) is 17.8. The average molecular weight is 399 g/mol. The van der Waals surface area contributed by atoms with Gasteiger partial charge in [0.15, 0.2) is 5.41 Å². The van der Waals surface area contributed by atoms with E-state index in [1.807, 2.05) is 0 Å². The Labute approximate surface area is 174 Å².